The minimum absolute atomic E-state index is 0.133. The standard InChI is InChI=1S/C18H17NO3/c20-16-8-6-14-7-9-17(21)22-18(14)15(16)12-19-11-10-13-4-2-1-3-5-13/h1-9,19-20H,10-12H2. The van der Waals surface area contributed by atoms with Crippen molar-refractivity contribution in [2.45, 2.75) is 13.0 Å². The summed E-state index contributed by atoms with van der Waals surface area (Å²) < 4.78 is 5.23. The minimum Gasteiger partial charge on any atom is -0.507 e. The molecule has 22 heavy (non-hydrogen) atoms. The van der Waals surface area contributed by atoms with Crippen molar-refractivity contribution in [2.75, 3.05) is 6.54 Å². The molecule has 0 aliphatic rings. The van der Waals surface area contributed by atoms with Crippen LogP contribution >= 0.6 is 0 Å². The van der Waals surface area contributed by atoms with Crippen molar-refractivity contribution in [1.82, 2.24) is 5.32 Å². The van der Waals surface area contributed by atoms with E-state index in [-0.39, 0.29) is 5.75 Å². The molecule has 1 heterocycles. The first kappa shape index (κ1) is 14.4. The topological polar surface area (TPSA) is 62.5 Å². The second-order valence-electron chi connectivity index (χ2n) is 5.15. The third-order valence-electron chi connectivity index (χ3n) is 3.60. The minimum atomic E-state index is -0.413. The van der Waals surface area contributed by atoms with E-state index in [2.05, 4.69) is 17.4 Å². The molecule has 0 fully saturated rings. The molecular weight excluding hydrogens is 278 g/mol. The monoisotopic (exact) mass is 295 g/mol. The van der Waals surface area contributed by atoms with Crippen molar-refractivity contribution in [2.24, 2.45) is 0 Å². The van der Waals surface area contributed by atoms with Crippen LogP contribution in [0.5, 0.6) is 5.75 Å². The SMILES string of the molecule is O=c1ccc2ccc(O)c(CNCCc3ccccc3)c2o1. The summed E-state index contributed by atoms with van der Waals surface area (Å²) in [6.07, 6.45) is 0.899. The van der Waals surface area contributed by atoms with Gasteiger partial charge in [0.2, 0.25) is 0 Å². The van der Waals surface area contributed by atoms with E-state index in [1.807, 2.05) is 18.2 Å². The first-order valence-electron chi connectivity index (χ1n) is 7.23. The van der Waals surface area contributed by atoms with Crippen molar-refractivity contribution in [3.05, 3.63) is 76.1 Å². The zero-order chi connectivity index (χ0) is 15.4. The van der Waals surface area contributed by atoms with Gasteiger partial charge in [0.15, 0.2) is 0 Å². The van der Waals surface area contributed by atoms with Crippen LogP contribution in [0.3, 0.4) is 0 Å². The van der Waals surface area contributed by atoms with E-state index < -0.39 is 5.63 Å². The maximum absolute atomic E-state index is 11.4. The second-order valence-corrected chi connectivity index (χ2v) is 5.15. The van der Waals surface area contributed by atoms with E-state index in [0.29, 0.717) is 17.7 Å². The number of hydrogen-bond donors (Lipinski definition) is 2. The van der Waals surface area contributed by atoms with Gasteiger partial charge >= 0.3 is 5.63 Å². The Hall–Kier alpha value is -2.59. The van der Waals surface area contributed by atoms with E-state index in [4.69, 9.17) is 4.42 Å². The zero-order valence-electron chi connectivity index (χ0n) is 12.1. The molecule has 0 atom stereocenters. The fraction of sp³-hybridized carbons (Fsp3) is 0.167. The first-order chi connectivity index (χ1) is 10.7. The van der Waals surface area contributed by atoms with Gasteiger partial charge in [0.1, 0.15) is 11.3 Å². The predicted molar refractivity (Wildman–Crippen MR) is 86.0 cm³/mol. The highest BCUT2D eigenvalue weighted by Crippen LogP contribution is 2.25. The quantitative estimate of drug-likeness (QED) is 0.561. The smallest absolute Gasteiger partial charge is 0.336 e. The number of fused-ring (bicyclic) bond motifs is 1. The molecule has 1 aromatic heterocycles. The molecular formula is C18H17NO3. The molecule has 3 aromatic rings. The Labute approximate surface area is 128 Å². The van der Waals surface area contributed by atoms with Crippen LogP contribution in [0.25, 0.3) is 11.0 Å². The molecule has 0 aliphatic heterocycles. The molecule has 2 aromatic carbocycles. The highest BCUT2D eigenvalue weighted by Gasteiger charge is 2.09. The van der Waals surface area contributed by atoms with Crippen LogP contribution in [0.15, 0.2) is 63.8 Å². The number of nitrogens with one attached hydrogen (secondary N) is 1. The third-order valence-corrected chi connectivity index (χ3v) is 3.60. The molecule has 112 valence electrons. The zero-order valence-corrected chi connectivity index (χ0v) is 12.1. The van der Waals surface area contributed by atoms with Crippen LogP contribution in [-0.2, 0) is 13.0 Å². The fourth-order valence-electron chi connectivity index (χ4n) is 2.44. The van der Waals surface area contributed by atoms with E-state index >= 15 is 0 Å². The molecule has 0 saturated carbocycles. The Kier molecular flexibility index (Phi) is 4.21. The molecule has 4 nitrogen and oxygen atoms in total. The molecule has 0 amide bonds. The average Bonchev–Trinajstić information content (AvgIpc) is 2.54. The maximum Gasteiger partial charge on any atom is 0.336 e. The summed E-state index contributed by atoms with van der Waals surface area (Å²) >= 11 is 0. The number of aromatic hydroxyl groups is 1. The highest BCUT2D eigenvalue weighted by atomic mass is 16.4. The first-order valence-corrected chi connectivity index (χ1v) is 7.23. The van der Waals surface area contributed by atoms with Crippen molar-refractivity contribution in [3.8, 4) is 5.75 Å². The Morgan fingerprint density at radius 2 is 1.77 bits per heavy atom. The maximum atomic E-state index is 11.4. The summed E-state index contributed by atoms with van der Waals surface area (Å²) in [6.45, 7) is 1.22. The number of rotatable bonds is 5. The summed E-state index contributed by atoms with van der Waals surface area (Å²) in [4.78, 5) is 11.4. The van der Waals surface area contributed by atoms with Gasteiger partial charge in [-0.3, -0.25) is 0 Å². The van der Waals surface area contributed by atoms with Gasteiger partial charge in [-0.25, -0.2) is 4.79 Å². The van der Waals surface area contributed by atoms with Crippen molar-refractivity contribution >= 4 is 11.0 Å². The van der Waals surface area contributed by atoms with E-state index in [0.717, 1.165) is 18.4 Å². The second kappa shape index (κ2) is 6.45. The van der Waals surface area contributed by atoms with Crippen LogP contribution in [-0.4, -0.2) is 11.7 Å². The average molecular weight is 295 g/mol. The number of phenols is 1. The van der Waals surface area contributed by atoms with E-state index in [1.165, 1.54) is 11.6 Å². The van der Waals surface area contributed by atoms with Gasteiger partial charge in [0.25, 0.3) is 0 Å². The molecule has 0 unspecified atom stereocenters. The van der Waals surface area contributed by atoms with Gasteiger partial charge in [-0.05, 0) is 36.7 Å². The molecule has 0 saturated heterocycles. The van der Waals surface area contributed by atoms with Gasteiger partial charge in [0, 0.05) is 18.0 Å². The van der Waals surface area contributed by atoms with Crippen LogP contribution in [0.4, 0.5) is 0 Å². The van der Waals surface area contributed by atoms with Crippen LogP contribution in [0.2, 0.25) is 0 Å². The van der Waals surface area contributed by atoms with E-state index in [9.17, 15) is 9.90 Å². The van der Waals surface area contributed by atoms with Crippen LogP contribution in [0, 0.1) is 0 Å². The summed E-state index contributed by atoms with van der Waals surface area (Å²) in [6, 6.07) is 16.6. The van der Waals surface area contributed by atoms with E-state index in [1.54, 1.807) is 18.2 Å². The van der Waals surface area contributed by atoms with Crippen LogP contribution < -0.4 is 10.9 Å². The largest absolute Gasteiger partial charge is 0.507 e. The van der Waals surface area contributed by atoms with Gasteiger partial charge in [-0.15, -0.1) is 0 Å². The molecule has 0 bridgehead atoms. The van der Waals surface area contributed by atoms with Gasteiger partial charge in [-0.2, -0.15) is 0 Å². The molecule has 0 aliphatic carbocycles. The van der Waals surface area contributed by atoms with Crippen molar-refractivity contribution < 1.29 is 9.52 Å². The number of benzene rings is 2. The fourth-order valence-corrected chi connectivity index (χ4v) is 2.44. The van der Waals surface area contributed by atoms with Crippen LogP contribution in [0.1, 0.15) is 11.1 Å². The third kappa shape index (κ3) is 3.18. The predicted octanol–water partition coefficient (Wildman–Crippen LogP) is 2.83. The Bertz CT molecular complexity index is 825. The summed E-state index contributed by atoms with van der Waals surface area (Å²) in [5, 5.41) is 14.1. The lowest BCUT2D eigenvalue weighted by molar-refractivity contribution is 0.461. The lowest BCUT2D eigenvalue weighted by Gasteiger charge is -2.09. The summed E-state index contributed by atoms with van der Waals surface area (Å²) in [5.74, 6) is 0.133. The highest BCUT2D eigenvalue weighted by molar-refractivity contribution is 5.81. The van der Waals surface area contributed by atoms with Gasteiger partial charge < -0.3 is 14.8 Å². The Balaban J connectivity index is 1.72. The summed E-state index contributed by atoms with van der Waals surface area (Å²) in [7, 11) is 0. The molecule has 0 radical (unpaired) electrons. The number of phenolic OH excluding ortho intramolecular Hbond substituents is 1. The lowest BCUT2D eigenvalue weighted by Crippen LogP contribution is -2.17. The summed E-state index contributed by atoms with van der Waals surface area (Å²) in [5.41, 5.74) is 1.90. The molecule has 3 rings (SSSR count). The molecule has 4 heteroatoms. The normalized spacial score (nSPS) is 10.9. The lowest BCUT2D eigenvalue weighted by atomic mass is 10.1. The van der Waals surface area contributed by atoms with Crippen molar-refractivity contribution in [3.63, 3.8) is 0 Å². The van der Waals surface area contributed by atoms with Gasteiger partial charge in [-0.1, -0.05) is 30.3 Å². The Morgan fingerprint density at radius 3 is 2.59 bits per heavy atom. The van der Waals surface area contributed by atoms with Gasteiger partial charge in [0.05, 0.1) is 5.56 Å². The molecule has 2 N–H and O–H groups in total. The van der Waals surface area contributed by atoms with Crippen molar-refractivity contribution in [1.29, 1.82) is 0 Å². The molecule has 0 spiro atoms. The number of hydrogen-bond acceptors (Lipinski definition) is 4. The Morgan fingerprint density at radius 1 is 1.00 bits per heavy atom.